The molecule has 4 aliphatic carbocycles. The molecule has 148 valence electrons. The molecule has 4 bridgehead atoms. The Morgan fingerprint density at radius 2 is 1.68 bits per heavy atom. The number of benzene rings is 1. The van der Waals surface area contributed by atoms with E-state index >= 15 is 0 Å². The Labute approximate surface area is 176 Å². The Morgan fingerprint density at radius 3 is 2.29 bits per heavy atom. The van der Waals surface area contributed by atoms with Gasteiger partial charge in [0.05, 0.1) is 0 Å². The van der Waals surface area contributed by atoms with E-state index in [1.54, 1.807) is 6.07 Å². The van der Waals surface area contributed by atoms with Crippen molar-refractivity contribution in [2.75, 3.05) is 7.05 Å². The zero-order valence-corrected chi connectivity index (χ0v) is 17.9. The van der Waals surface area contributed by atoms with E-state index in [-0.39, 0.29) is 5.91 Å². The van der Waals surface area contributed by atoms with Crippen LogP contribution in [0.25, 0.3) is 11.1 Å². The number of aryl methyl sites for hydroxylation is 1. The summed E-state index contributed by atoms with van der Waals surface area (Å²) in [7, 11) is 3.95. The molecular formula is C23H26Cl2N2O. The second-order valence-corrected chi connectivity index (χ2v) is 10.0. The third-order valence-electron chi connectivity index (χ3n) is 7.41. The third-order valence-corrected chi connectivity index (χ3v) is 7.96. The molecule has 0 atom stereocenters. The Balaban J connectivity index is 1.42. The van der Waals surface area contributed by atoms with Crippen molar-refractivity contribution in [2.24, 2.45) is 30.7 Å². The van der Waals surface area contributed by atoms with Crippen LogP contribution in [-0.2, 0) is 7.05 Å². The number of rotatable bonds is 3. The molecule has 0 saturated heterocycles. The summed E-state index contributed by atoms with van der Waals surface area (Å²) in [4.78, 5) is 15.5. The van der Waals surface area contributed by atoms with Crippen molar-refractivity contribution in [3.8, 4) is 11.1 Å². The van der Waals surface area contributed by atoms with Crippen LogP contribution >= 0.6 is 23.2 Å². The first-order valence-corrected chi connectivity index (χ1v) is 11.0. The molecule has 6 rings (SSSR count). The quantitative estimate of drug-likeness (QED) is 0.611. The molecule has 1 amide bonds. The predicted molar refractivity (Wildman–Crippen MR) is 114 cm³/mol. The van der Waals surface area contributed by atoms with E-state index in [0.717, 1.165) is 28.7 Å². The number of hydrogen-bond acceptors (Lipinski definition) is 1. The van der Waals surface area contributed by atoms with Crippen LogP contribution in [0.3, 0.4) is 0 Å². The summed E-state index contributed by atoms with van der Waals surface area (Å²) < 4.78 is 1.93. The summed E-state index contributed by atoms with van der Waals surface area (Å²) in [6.07, 6.45) is 8.66. The van der Waals surface area contributed by atoms with Crippen LogP contribution in [0.2, 0.25) is 10.0 Å². The molecule has 1 heterocycles. The second kappa shape index (κ2) is 6.81. The molecule has 0 N–H and O–H groups in total. The highest BCUT2D eigenvalue weighted by Crippen LogP contribution is 2.55. The first-order chi connectivity index (χ1) is 13.4. The van der Waals surface area contributed by atoms with Crippen LogP contribution in [0.4, 0.5) is 0 Å². The summed E-state index contributed by atoms with van der Waals surface area (Å²) in [5.41, 5.74) is 2.57. The van der Waals surface area contributed by atoms with Gasteiger partial charge >= 0.3 is 0 Å². The number of aromatic nitrogens is 1. The van der Waals surface area contributed by atoms with E-state index in [1.165, 1.54) is 32.1 Å². The van der Waals surface area contributed by atoms with Gasteiger partial charge in [0.25, 0.3) is 5.91 Å². The summed E-state index contributed by atoms with van der Waals surface area (Å²) >= 11 is 12.4. The summed E-state index contributed by atoms with van der Waals surface area (Å²) in [6, 6.07) is 7.85. The van der Waals surface area contributed by atoms with Crippen molar-refractivity contribution in [2.45, 2.75) is 38.1 Å². The first kappa shape index (κ1) is 18.6. The molecule has 4 saturated carbocycles. The van der Waals surface area contributed by atoms with Gasteiger partial charge in [0.2, 0.25) is 0 Å². The molecule has 5 heteroatoms. The van der Waals surface area contributed by atoms with Gasteiger partial charge in [-0.2, -0.15) is 0 Å². The fourth-order valence-corrected chi connectivity index (χ4v) is 7.01. The molecule has 0 unspecified atom stereocenters. The number of halogens is 2. The maximum atomic E-state index is 13.4. The maximum absolute atomic E-state index is 13.4. The molecule has 4 fully saturated rings. The highest BCUT2D eigenvalue weighted by molar-refractivity contribution is 6.36. The van der Waals surface area contributed by atoms with Gasteiger partial charge in [-0.3, -0.25) is 4.79 Å². The lowest BCUT2D eigenvalue weighted by molar-refractivity contribution is -0.0493. The Kier molecular flexibility index (Phi) is 4.52. The van der Waals surface area contributed by atoms with Crippen molar-refractivity contribution in [3.63, 3.8) is 0 Å². The minimum Gasteiger partial charge on any atom is -0.346 e. The standard InChI is InChI=1S/C23H26Cl2N2O/c1-26-12-17(19-4-3-18(24)11-20(19)25)10-21(26)23(28)27(2)22-15-6-13-5-14(8-15)9-16(22)7-13/h3-4,10-16,22H,5-9H2,1-2H3. The van der Waals surface area contributed by atoms with Crippen LogP contribution in [0.5, 0.6) is 0 Å². The lowest BCUT2D eigenvalue weighted by Gasteiger charge is -2.56. The lowest BCUT2D eigenvalue weighted by atomic mass is 9.54. The van der Waals surface area contributed by atoms with Crippen LogP contribution < -0.4 is 0 Å². The number of hydrogen-bond donors (Lipinski definition) is 0. The fourth-order valence-electron chi connectivity index (χ4n) is 6.49. The minimum atomic E-state index is 0.122. The zero-order chi connectivity index (χ0) is 19.6. The van der Waals surface area contributed by atoms with Crippen molar-refractivity contribution in [3.05, 3.63) is 46.2 Å². The number of nitrogens with zero attached hydrogens (tertiary/aromatic N) is 2. The molecule has 3 nitrogen and oxygen atoms in total. The van der Waals surface area contributed by atoms with Crippen LogP contribution in [0.1, 0.15) is 42.6 Å². The molecule has 0 radical (unpaired) electrons. The van der Waals surface area contributed by atoms with Gasteiger partial charge in [-0.25, -0.2) is 0 Å². The van der Waals surface area contributed by atoms with E-state index in [1.807, 2.05) is 43.1 Å². The van der Waals surface area contributed by atoms with Crippen LogP contribution in [-0.4, -0.2) is 28.5 Å². The van der Waals surface area contributed by atoms with Gasteiger partial charge in [0.1, 0.15) is 5.69 Å². The predicted octanol–water partition coefficient (Wildman–Crippen LogP) is 5.90. The van der Waals surface area contributed by atoms with E-state index in [0.29, 0.717) is 27.9 Å². The maximum Gasteiger partial charge on any atom is 0.270 e. The van der Waals surface area contributed by atoms with Gasteiger partial charge in [-0.1, -0.05) is 29.3 Å². The normalized spacial score (nSPS) is 30.6. The molecular weight excluding hydrogens is 391 g/mol. The molecule has 2 aromatic rings. The topological polar surface area (TPSA) is 25.2 Å². The smallest absolute Gasteiger partial charge is 0.270 e. The van der Waals surface area contributed by atoms with Gasteiger partial charge in [-0.05, 0) is 74.0 Å². The van der Waals surface area contributed by atoms with Crippen molar-refractivity contribution < 1.29 is 4.79 Å². The van der Waals surface area contributed by atoms with Gasteiger partial charge in [0, 0.05) is 47.5 Å². The van der Waals surface area contributed by atoms with Crippen molar-refractivity contribution in [1.82, 2.24) is 9.47 Å². The largest absolute Gasteiger partial charge is 0.346 e. The van der Waals surface area contributed by atoms with E-state index in [4.69, 9.17) is 23.2 Å². The Bertz CT molecular complexity index is 907. The Hall–Kier alpha value is -1.45. The highest BCUT2D eigenvalue weighted by atomic mass is 35.5. The van der Waals surface area contributed by atoms with Gasteiger partial charge in [-0.15, -0.1) is 0 Å². The number of carbonyl (C=O) groups is 1. The minimum absolute atomic E-state index is 0.122. The van der Waals surface area contributed by atoms with Crippen LogP contribution in [0.15, 0.2) is 30.5 Å². The lowest BCUT2D eigenvalue weighted by Crippen LogP contribution is -2.56. The van der Waals surface area contributed by atoms with Crippen LogP contribution in [0, 0.1) is 23.7 Å². The number of carbonyl (C=O) groups excluding carboxylic acids is 1. The summed E-state index contributed by atoms with van der Waals surface area (Å²) in [5.74, 6) is 3.33. The SMILES string of the molecule is CN(C(=O)c1cc(-c2ccc(Cl)cc2Cl)cn1C)C1C2CC3CC(C2)CC1C3. The van der Waals surface area contributed by atoms with E-state index in [9.17, 15) is 4.79 Å². The zero-order valence-electron chi connectivity index (χ0n) is 16.4. The molecule has 1 aromatic carbocycles. The average Bonchev–Trinajstić information content (AvgIpc) is 3.01. The van der Waals surface area contributed by atoms with Gasteiger partial charge in [0.15, 0.2) is 0 Å². The van der Waals surface area contributed by atoms with Gasteiger partial charge < -0.3 is 9.47 Å². The average molecular weight is 417 g/mol. The third kappa shape index (κ3) is 2.98. The highest BCUT2D eigenvalue weighted by Gasteiger charge is 2.50. The molecule has 0 aliphatic heterocycles. The molecule has 1 aromatic heterocycles. The van der Waals surface area contributed by atoms with Crippen molar-refractivity contribution in [1.29, 1.82) is 0 Å². The second-order valence-electron chi connectivity index (χ2n) is 9.19. The van der Waals surface area contributed by atoms with E-state index < -0.39 is 0 Å². The fraction of sp³-hybridized carbons (Fsp3) is 0.522. The van der Waals surface area contributed by atoms with Crippen molar-refractivity contribution >= 4 is 29.1 Å². The van der Waals surface area contributed by atoms with E-state index in [2.05, 4.69) is 4.90 Å². The number of amides is 1. The monoisotopic (exact) mass is 416 g/mol. The molecule has 28 heavy (non-hydrogen) atoms. The summed E-state index contributed by atoms with van der Waals surface area (Å²) in [5, 5.41) is 1.22. The summed E-state index contributed by atoms with van der Waals surface area (Å²) in [6.45, 7) is 0. The first-order valence-electron chi connectivity index (χ1n) is 10.3. The molecule has 0 spiro atoms. The Morgan fingerprint density at radius 1 is 1.04 bits per heavy atom. The molecule has 4 aliphatic rings.